The van der Waals surface area contributed by atoms with Crippen LogP contribution in [0.3, 0.4) is 0 Å². The number of rotatable bonds is 4. The summed E-state index contributed by atoms with van der Waals surface area (Å²) >= 11 is 15.6. The van der Waals surface area contributed by atoms with Gasteiger partial charge in [0.25, 0.3) is 0 Å². The summed E-state index contributed by atoms with van der Waals surface area (Å²) in [5, 5.41) is 0.890. The molecule has 0 saturated carbocycles. The molecule has 0 N–H and O–H groups in total. The molecule has 0 aliphatic rings. The summed E-state index contributed by atoms with van der Waals surface area (Å²) in [6, 6.07) is 7.72. The minimum absolute atomic E-state index is 0.368. The molecule has 0 saturated heterocycles. The van der Waals surface area contributed by atoms with Crippen LogP contribution < -0.4 is 9.47 Å². The van der Waals surface area contributed by atoms with Gasteiger partial charge in [0.1, 0.15) is 5.82 Å². The Kier molecular flexibility index (Phi) is 5.36. The Balaban J connectivity index is 2.52. The highest BCUT2D eigenvalue weighted by Gasteiger charge is 2.20. The van der Waals surface area contributed by atoms with Crippen LogP contribution >= 0.6 is 39.1 Å². The van der Waals surface area contributed by atoms with Gasteiger partial charge in [0.05, 0.1) is 19.0 Å². The van der Waals surface area contributed by atoms with Gasteiger partial charge in [-0.05, 0) is 29.8 Å². The van der Waals surface area contributed by atoms with Crippen molar-refractivity contribution in [2.75, 3.05) is 14.2 Å². The second kappa shape index (κ2) is 6.86. The van der Waals surface area contributed by atoms with Crippen LogP contribution in [-0.4, -0.2) is 14.2 Å². The van der Waals surface area contributed by atoms with Crippen molar-refractivity contribution in [3.05, 3.63) is 57.3 Å². The molecule has 0 spiro atoms. The molecule has 21 heavy (non-hydrogen) atoms. The van der Waals surface area contributed by atoms with E-state index in [4.69, 9.17) is 32.7 Å². The fourth-order valence-electron chi connectivity index (χ4n) is 1.94. The summed E-state index contributed by atoms with van der Waals surface area (Å²) in [5.41, 5.74) is 1.06. The first-order valence-corrected chi connectivity index (χ1v) is 7.65. The van der Waals surface area contributed by atoms with E-state index in [0.29, 0.717) is 32.7 Å². The minimum atomic E-state index is -0.455. The van der Waals surface area contributed by atoms with Crippen LogP contribution in [0.4, 0.5) is 4.39 Å². The normalized spacial score (nSPS) is 12.1. The van der Waals surface area contributed by atoms with E-state index in [2.05, 4.69) is 15.9 Å². The number of benzene rings is 2. The Hall–Kier alpha value is -0.970. The molecule has 2 aromatic carbocycles. The molecule has 2 nitrogen and oxygen atoms in total. The van der Waals surface area contributed by atoms with Crippen molar-refractivity contribution < 1.29 is 13.9 Å². The fourth-order valence-corrected chi connectivity index (χ4v) is 3.25. The lowest BCUT2D eigenvalue weighted by atomic mass is 10.0. The van der Waals surface area contributed by atoms with E-state index in [1.807, 2.05) is 0 Å². The van der Waals surface area contributed by atoms with Gasteiger partial charge < -0.3 is 9.47 Å². The molecular formula is C15H12BrCl2FO2. The summed E-state index contributed by atoms with van der Waals surface area (Å²) in [6.07, 6.45) is 0. The monoisotopic (exact) mass is 392 g/mol. The highest BCUT2D eigenvalue weighted by atomic mass is 79.9. The van der Waals surface area contributed by atoms with Crippen LogP contribution in [0.1, 0.15) is 16.0 Å². The van der Waals surface area contributed by atoms with E-state index in [1.165, 1.54) is 26.4 Å². The van der Waals surface area contributed by atoms with Crippen molar-refractivity contribution >= 4 is 39.1 Å². The van der Waals surface area contributed by atoms with Gasteiger partial charge >= 0.3 is 0 Å². The minimum Gasteiger partial charge on any atom is -0.493 e. The smallest absolute Gasteiger partial charge is 0.162 e. The van der Waals surface area contributed by atoms with E-state index in [1.54, 1.807) is 18.2 Å². The van der Waals surface area contributed by atoms with Crippen LogP contribution in [0.25, 0.3) is 0 Å². The molecule has 0 radical (unpaired) electrons. The van der Waals surface area contributed by atoms with E-state index < -0.39 is 4.83 Å². The maximum atomic E-state index is 14.0. The molecule has 112 valence electrons. The molecule has 0 heterocycles. The lowest BCUT2D eigenvalue weighted by molar-refractivity contribution is 0.354. The molecule has 0 aliphatic carbocycles. The summed E-state index contributed by atoms with van der Waals surface area (Å²) in [6.45, 7) is 0. The topological polar surface area (TPSA) is 18.5 Å². The van der Waals surface area contributed by atoms with Crippen molar-refractivity contribution in [1.82, 2.24) is 0 Å². The fraction of sp³-hybridized carbons (Fsp3) is 0.200. The number of hydrogen-bond acceptors (Lipinski definition) is 2. The van der Waals surface area contributed by atoms with Crippen LogP contribution in [0.5, 0.6) is 11.5 Å². The lowest BCUT2D eigenvalue weighted by Gasteiger charge is -2.17. The van der Waals surface area contributed by atoms with Crippen molar-refractivity contribution in [1.29, 1.82) is 0 Å². The van der Waals surface area contributed by atoms with Gasteiger partial charge in [-0.3, -0.25) is 0 Å². The molecule has 0 amide bonds. The van der Waals surface area contributed by atoms with Gasteiger partial charge in [-0.15, -0.1) is 0 Å². The largest absolute Gasteiger partial charge is 0.493 e. The molecule has 2 aromatic rings. The first kappa shape index (κ1) is 16.4. The van der Waals surface area contributed by atoms with E-state index in [9.17, 15) is 4.39 Å². The molecule has 0 fully saturated rings. The summed E-state index contributed by atoms with van der Waals surface area (Å²) in [7, 11) is 3.05. The van der Waals surface area contributed by atoms with E-state index in [-0.39, 0.29) is 5.82 Å². The SMILES string of the molecule is COc1cc(Cl)c(C(Br)c2cc(Cl)ccc2F)cc1OC. The number of halogens is 4. The highest BCUT2D eigenvalue weighted by molar-refractivity contribution is 9.09. The zero-order valence-electron chi connectivity index (χ0n) is 11.3. The summed E-state index contributed by atoms with van der Waals surface area (Å²) in [4.78, 5) is -0.455. The quantitative estimate of drug-likeness (QED) is 0.626. The van der Waals surface area contributed by atoms with Crippen molar-refractivity contribution in [2.45, 2.75) is 4.83 Å². The molecule has 1 atom stereocenters. The molecule has 2 rings (SSSR count). The molecule has 0 aliphatic heterocycles. The van der Waals surface area contributed by atoms with Gasteiger partial charge in [0.2, 0.25) is 0 Å². The predicted molar refractivity (Wildman–Crippen MR) is 86.7 cm³/mol. The molecule has 0 bridgehead atoms. The zero-order chi connectivity index (χ0) is 15.6. The van der Waals surface area contributed by atoms with Crippen LogP contribution in [0.2, 0.25) is 10.0 Å². The maximum absolute atomic E-state index is 14.0. The van der Waals surface area contributed by atoms with Gasteiger partial charge in [-0.2, -0.15) is 0 Å². The standard InChI is InChI=1S/C15H12BrCl2FO2/c1-20-13-6-9(11(18)7-14(13)21-2)15(16)10-5-8(17)3-4-12(10)19/h3-7,15H,1-2H3. The van der Waals surface area contributed by atoms with Crippen molar-refractivity contribution in [3.63, 3.8) is 0 Å². The Morgan fingerprint density at radius 3 is 2.24 bits per heavy atom. The summed E-state index contributed by atoms with van der Waals surface area (Å²) < 4.78 is 24.4. The third-order valence-corrected chi connectivity index (χ3v) is 4.56. The van der Waals surface area contributed by atoms with Crippen LogP contribution in [0, 0.1) is 5.82 Å². The first-order valence-electron chi connectivity index (χ1n) is 5.98. The van der Waals surface area contributed by atoms with Gasteiger partial charge in [-0.25, -0.2) is 4.39 Å². The maximum Gasteiger partial charge on any atom is 0.162 e. The summed E-state index contributed by atoms with van der Waals surface area (Å²) in [5.74, 6) is 0.661. The molecular weight excluding hydrogens is 382 g/mol. The Bertz CT molecular complexity index is 664. The Morgan fingerprint density at radius 1 is 1.00 bits per heavy atom. The van der Waals surface area contributed by atoms with E-state index >= 15 is 0 Å². The Labute approximate surface area is 140 Å². The van der Waals surface area contributed by atoms with Crippen molar-refractivity contribution in [2.24, 2.45) is 0 Å². The highest BCUT2D eigenvalue weighted by Crippen LogP contribution is 2.42. The van der Waals surface area contributed by atoms with Gasteiger partial charge in [0.15, 0.2) is 11.5 Å². The second-order valence-electron chi connectivity index (χ2n) is 4.26. The average molecular weight is 394 g/mol. The van der Waals surface area contributed by atoms with Gasteiger partial charge in [-0.1, -0.05) is 39.1 Å². The first-order chi connectivity index (χ1) is 9.97. The second-order valence-corrected chi connectivity index (χ2v) is 6.02. The predicted octanol–water partition coefficient (Wildman–Crippen LogP) is 5.63. The third-order valence-electron chi connectivity index (χ3n) is 3.01. The van der Waals surface area contributed by atoms with Crippen LogP contribution in [-0.2, 0) is 0 Å². The Morgan fingerprint density at radius 2 is 1.62 bits per heavy atom. The number of methoxy groups -OCH3 is 2. The van der Waals surface area contributed by atoms with Gasteiger partial charge in [0, 0.05) is 21.7 Å². The number of hydrogen-bond donors (Lipinski definition) is 0. The van der Waals surface area contributed by atoms with E-state index in [0.717, 1.165) is 0 Å². The number of alkyl halides is 1. The number of ether oxygens (including phenoxy) is 2. The molecule has 0 aromatic heterocycles. The molecule has 6 heteroatoms. The van der Waals surface area contributed by atoms with Crippen LogP contribution in [0.15, 0.2) is 30.3 Å². The van der Waals surface area contributed by atoms with Crippen molar-refractivity contribution in [3.8, 4) is 11.5 Å². The molecule has 1 unspecified atom stereocenters. The average Bonchev–Trinajstić information content (AvgIpc) is 2.48. The third kappa shape index (κ3) is 3.44. The lowest BCUT2D eigenvalue weighted by Crippen LogP contribution is -2.00. The zero-order valence-corrected chi connectivity index (χ0v) is 14.4.